The Labute approximate surface area is 193 Å². The molecule has 1 amide bonds. The van der Waals surface area contributed by atoms with E-state index in [0.29, 0.717) is 29.5 Å². The van der Waals surface area contributed by atoms with Crippen LogP contribution in [-0.2, 0) is 17.8 Å². The Hall–Kier alpha value is -2.83. The van der Waals surface area contributed by atoms with Gasteiger partial charge in [-0.05, 0) is 54.8 Å². The molecule has 2 aromatic carbocycles. The van der Waals surface area contributed by atoms with Crippen LogP contribution in [0.4, 0.5) is 0 Å². The SMILES string of the molecule is COc1cccc(CN2CCC(NC(=O)CCc3ncc(-c4ccc(Cl)cc4)o3)CC2)c1. The molecule has 6 nitrogen and oxygen atoms in total. The summed E-state index contributed by atoms with van der Waals surface area (Å²) in [6, 6.07) is 15.8. The van der Waals surface area contributed by atoms with Gasteiger partial charge in [-0.1, -0.05) is 23.7 Å². The van der Waals surface area contributed by atoms with Crippen molar-refractivity contribution in [2.75, 3.05) is 20.2 Å². The molecule has 0 aliphatic carbocycles. The molecule has 0 bridgehead atoms. The van der Waals surface area contributed by atoms with Crippen molar-refractivity contribution in [2.45, 2.75) is 38.3 Å². The molecule has 0 unspecified atom stereocenters. The molecular weight excluding hydrogens is 426 g/mol. The lowest BCUT2D eigenvalue weighted by Gasteiger charge is -2.32. The maximum absolute atomic E-state index is 12.4. The summed E-state index contributed by atoms with van der Waals surface area (Å²) in [6.07, 6.45) is 4.44. The first-order chi connectivity index (χ1) is 15.6. The van der Waals surface area contributed by atoms with Gasteiger partial charge in [0.15, 0.2) is 11.7 Å². The van der Waals surface area contributed by atoms with Crippen LogP contribution >= 0.6 is 11.6 Å². The number of aryl methyl sites for hydroxylation is 1. The van der Waals surface area contributed by atoms with E-state index in [1.807, 2.05) is 36.4 Å². The highest BCUT2D eigenvalue weighted by atomic mass is 35.5. The van der Waals surface area contributed by atoms with Gasteiger partial charge >= 0.3 is 0 Å². The third-order valence-electron chi connectivity index (χ3n) is 5.74. The van der Waals surface area contributed by atoms with E-state index in [-0.39, 0.29) is 11.9 Å². The number of ether oxygens (including phenoxy) is 1. The van der Waals surface area contributed by atoms with Crippen molar-refractivity contribution in [1.29, 1.82) is 0 Å². The van der Waals surface area contributed by atoms with Gasteiger partial charge < -0.3 is 14.5 Å². The molecule has 32 heavy (non-hydrogen) atoms. The lowest BCUT2D eigenvalue weighted by atomic mass is 10.0. The van der Waals surface area contributed by atoms with Gasteiger partial charge in [-0.3, -0.25) is 9.69 Å². The zero-order valence-electron chi connectivity index (χ0n) is 18.2. The minimum Gasteiger partial charge on any atom is -0.497 e. The number of nitrogens with one attached hydrogen (secondary N) is 1. The number of rotatable bonds is 8. The maximum atomic E-state index is 12.4. The van der Waals surface area contributed by atoms with Crippen molar-refractivity contribution < 1.29 is 13.9 Å². The minimum absolute atomic E-state index is 0.0440. The highest BCUT2D eigenvalue weighted by Gasteiger charge is 2.21. The van der Waals surface area contributed by atoms with Crippen molar-refractivity contribution >= 4 is 17.5 Å². The molecule has 1 aliphatic rings. The predicted molar refractivity (Wildman–Crippen MR) is 125 cm³/mol. The summed E-state index contributed by atoms with van der Waals surface area (Å²) in [5.41, 5.74) is 2.16. The predicted octanol–water partition coefficient (Wildman–Crippen LogP) is 4.72. The lowest BCUT2D eigenvalue weighted by molar-refractivity contribution is -0.122. The molecule has 2 heterocycles. The number of nitrogens with zero attached hydrogens (tertiary/aromatic N) is 2. The fourth-order valence-electron chi connectivity index (χ4n) is 3.96. The Balaban J connectivity index is 1.19. The molecule has 0 radical (unpaired) electrons. The highest BCUT2D eigenvalue weighted by Crippen LogP contribution is 2.23. The second-order valence-electron chi connectivity index (χ2n) is 8.09. The number of likely N-dealkylation sites (tertiary alicyclic amines) is 1. The second-order valence-corrected chi connectivity index (χ2v) is 8.53. The summed E-state index contributed by atoms with van der Waals surface area (Å²) in [5, 5.41) is 3.84. The number of hydrogen-bond donors (Lipinski definition) is 1. The normalized spacial score (nSPS) is 14.9. The highest BCUT2D eigenvalue weighted by molar-refractivity contribution is 6.30. The van der Waals surface area contributed by atoms with Gasteiger partial charge in [-0.25, -0.2) is 4.98 Å². The number of halogens is 1. The molecule has 1 aromatic heterocycles. The van der Waals surface area contributed by atoms with Crippen molar-refractivity contribution in [3.8, 4) is 17.1 Å². The summed E-state index contributed by atoms with van der Waals surface area (Å²) in [6.45, 7) is 2.83. The largest absolute Gasteiger partial charge is 0.497 e. The molecule has 3 aromatic rings. The third-order valence-corrected chi connectivity index (χ3v) is 5.99. The van der Waals surface area contributed by atoms with Gasteiger partial charge in [0.05, 0.1) is 13.3 Å². The standard InChI is InChI=1S/C25H28ClN3O3/c1-31-22-4-2-3-18(15-22)17-29-13-11-21(12-14-29)28-24(30)9-10-25-27-16-23(32-25)19-5-7-20(26)8-6-19/h2-8,15-16,21H,9-14,17H2,1H3,(H,28,30). The molecule has 4 rings (SSSR count). The Bertz CT molecular complexity index is 1030. The van der Waals surface area contributed by atoms with Crippen LogP contribution in [0.15, 0.2) is 59.1 Å². The zero-order valence-corrected chi connectivity index (χ0v) is 19.0. The summed E-state index contributed by atoms with van der Waals surface area (Å²) in [4.78, 5) is 19.1. The van der Waals surface area contributed by atoms with Gasteiger partial charge in [0.25, 0.3) is 0 Å². The van der Waals surface area contributed by atoms with Gasteiger partial charge in [-0.2, -0.15) is 0 Å². The van der Waals surface area contributed by atoms with Crippen LogP contribution in [0.25, 0.3) is 11.3 Å². The quantitative estimate of drug-likeness (QED) is 0.534. The number of oxazole rings is 1. The third kappa shape index (κ3) is 6.11. The molecule has 0 atom stereocenters. The first-order valence-corrected chi connectivity index (χ1v) is 11.3. The van der Waals surface area contributed by atoms with Gasteiger partial charge in [0.1, 0.15) is 5.75 Å². The Kier molecular flexibility index (Phi) is 7.45. The number of carbonyl (C=O) groups excluding carboxylic acids is 1. The van der Waals surface area contributed by atoms with E-state index in [4.69, 9.17) is 20.8 Å². The Morgan fingerprint density at radius 1 is 1.22 bits per heavy atom. The van der Waals surface area contributed by atoms with Crippen LogP contribution in [-0.4, -0.2) is 42.0 Å². The van der Waals surface area contributed by atoms with E-state index in [1.165, 1.54) is 5.56 Å². The van der Waals surface area contributed by atoms with E-state index in [1.54, 1.807) is 13.3 Å². The lowest BCUT2D eigenvalue weighted by Crippen LogP contribution is -2.44. The second kappa shape index (κ2) is 10.7. The molecular formula is C25H28ClN3O3. The van der Waals surface area contributed by atoms with E-state index in [9.17, 15) is 4.79 Å². The number of methoxy groups -OCH3 is 1. The average molecular weight is 454 g/mol. The number of carbonyl (C=O) groups is 1. The van der Waals surface area contributed by atoms with Gasteiger partial charge in [-0.15, -0.1) is 0 Å². The first kappa shape index (κ1) is 22.4. The summed E-state index contributed by atoms with van der Waals surface area (Å²) in [7, 11) is 1.69. The van der Waals surface area contributed by atoms with Crippen molar-refractivity contribution in [3.05, 3.63) is 71.2 Å². The van der Waals surface area contributed by atoms with Crippen LogP contribution in [0, 0.1) is 0 Å². The molecule has 1 fully saturated rings. The smallest absolute Gasteiger partial charge is 0.220 e. The molecule has 7 heteroatoms. The fraction of sp³-hybridized carbons (Fsp3) is 0.360. The fourth-order valence-corrected chi connectivity index (χ4v) is 4.08. The van der Waals surface area contributed by atoms with Crippen molar-refractivity contribution in [1.82, 2.24) is 15.2 Å². The number of hydrogen-bond acceptors (Lipinski definition) is 5. The Morgan fingerprint density at radius 2 is 2.00 bits per heavy atom. The monoisotopic (exact) mass is 453 g/mol. The zero-order chi connectivity index (χ0) is 22.3. The minimum atomic E-state index is 0.0440. The van der Waals surface area contributed by atoms with Crippen molar-refractivity contribution in [3.63, 3.8) is 0 Å². The van der Waals surface area contributed by atoms with Gasteiger partial charge in [0, 0.05) is 49.1 Å². The van der Waals surface area contributed by atoms with Crippen LogP contribution in [0.1, 0.15) is 30.7 Å². The van der Waals surface area contributed by atoms with Crippen LogP contribution < -0.4 is 10.1 Å². The summed E-state index contributed by atoms with van der Waals surface area (Å²) < 4.78 is 11.1. The molecule has 1 saturated heterocycles. The van der Waals surface area contributed by atoms with E-state index in [2.05, 4.69) is 27.3 Å². The average Bonchev–Trinajstić information content (AvgIpc) is 3.29. The number of aromatic nitrogens is 1. The van der Waals surface area contributed by atoms with Crippen LogP contribution in [0.3, 0.4) is 0 Å². The van der Waals surface area contributed by atoms with Crippen LogP contribution in [0.2, 0.25) is 5.02 Å². The van der Waals surface area contributed by atoms with E-state index in [0.717, 1.165) is 43.8 Å². The molecule has 0 spiro atoms. The Morgan fingerprint density at radius 3 is 2.75 bits per heavy atom. The van der Waals surface area contributed by atoms with E-state index >= 15 is 0 Å². The summed E-state index contributed by atoms with van der Waals surface area (Å²) in [5.74, 6) is 2.18. The molecule has 1 aliphatic heterocycles. The van der Waals surface area contributed by atoms with Gasteiger partial charge in [0.2, 0.25) is 5.91 Å². The maximum Gasteiger partial charge on any atom is 0.220 e. The van der Waals surface area contributed by atoms with Crippen molar-refractivity contribution in [2.24, 2.45) is 0 Å². The molecule has 1 N–H and O–H groups in total. The summed E-state index contributed by atoms with van der Waals surface area (Å²) >= 11 is 5.93. The first-order valence-electron chi connectivity index (χ1n) is 10.9. The molecule has 0 saturated carbocycles. The van der Waals surface area contributed by atoms with Crippen LogP contribution in [0.5, 0.6) is 5.75 Å². The number of benzene rings is 2. The molecule has 168 valence electrons. The number of piperidine rings is 1. The number of amides is 1. The topological polar surface area (TPSA) is 67.6 Å². The van der Waals surface area contributed by atoms with E-state index < -0.39 is 0 Å².